The summed E-state index contributed by atoms with van der Waals surface area (Å²) in [7, 11) is 2.00. The molecule has 0 aliphatic carbocycles. The van der Waals surface area contributed by atoms with E-state index in [1.165, 1.54) is 0 Å². The average molecular weight is 262 g/mol. The summed E-state index contributed by atoms with van der Waals surface area (Å²) in [6.45, 7) is 2.10. The molecule has 4 heteroatoms. The van der Waals surface area contributed by atoms with Crippen LogP contribution in [0, 0.1) is 0 Å². The highest BCUT2D eigenvalue weighted by Crippen LogP contribution is 2.29. The molecule has 0 saturated heterocycles. The van der Waals surface area contributed by atoms with Crippen LogP contribution in [-0.2, 0) is 0 Å². The van der Waals surface area contributed by atoms with E-state index < -0.39 is 0 Å². The van der Waals surface area contributed by atoms with Crippen LogP contribution in [-0.4, -0.2) is 12.0 Å². The van der Waals surface area contributed by atoms with Gasteiger partial charge in [-0.1, -0.05) is 29.8 Å². The summed E-state index contributed by atoms with van der Waals surface area (Å²) in [5.74, 6) is 0. The summed E-state index contributed by atoms with van der Waals surface area (Å²) in [5.41, 5.74) is 8.47. The zero-order chi connectivity index (χ0) is 13.1. The highest BCUT2D eigenvalue weighted by atomic mass is 35.5. The molecule has 18 heavy (non-hydrogen) atoms. The first-order valence-corrected chi connectivity index (χ1v) is 6.15. The third-order valence-corrected chi connectivity index (χ3v) is 3.43. The van der Waals surface area contributed by atoms with Gasteiger partial charge in [0.1, 0.15) is 0 Å². The number of nitrogen functional groups attached to an aromatic ring is 1. The fourth-order valence-electron chi connectivity index (χ4n) is 1.88. The van der Waals surface area contributed by atoms with Gasteiger partial charge in [0.2, 0.25) is 0 Å². The predicted molar refractivity (Wildman–Crippen MR) is 76.9 cm³/mol. The Kier molecular flexibility index (Phi) is 3.72. The molecule has 94 valence electrons. The number of rotatable bonds is 3. The van der Waals surface area contributed by atoms with Gasteiger partial charge in [0.25, 0.3) is 0 Å². The summed E-state index contributed by atoms with van der Waals surface area (Å²) in [6.07, 6.45) is 3.43. The lowest BCUT2D eigenvalue weighted by Gasteiger charge is -2.27. The predicted octanol–water partition coefficient (Wildman–Crippen LogP) is 3.51. The molecule has 2 aromatic rings. The van der Waals surface area contributed by atoms with Crippen molar-refractivity contribution in [2.45, 2.75) is 13.0 Å². The van der Waals surface area contributed by atoms with Gasteiger partial charge in [0.05, 0.1) is 23.6 Å². The monoisotopic (exact) mass is 261 g/mol. The van der Waals surface area contributed by atoms with E-state index in [1.807, 2.05) is 37.4 Å². The van der Waals surface area contributed by atoms with Gasteiger partial charge < -0.3 is 10.6 Å². The highest BCUT2D eigenvalue weighted by molar-refractivity contribution is 6.31. The van der Waals surface area contributed by atoms with Crippen LogP contribution in [0.15, 0.2) is 42.7 Å². The number of anilines is 2. The van der Waals surface area contributed by atoms with Crippen molar-refractivity contribution in [1.82, 2.24) is 4.98 Å². The van der Waals surface area contributed by atoms with Crippen LogP contribution in [0.25, 0.3) is 0 Å². The molecule has 0 bridgehead atoms. The smallest absolute Gasteiger partial charge is 0.0575 e. The minimum Gasteiger partial charge on any atom is -0.397 e. The minimum absolute atomic E-state index is 0.155. The lowest BCUT2D eigenvalue weighted by molar-refractivity contribution is 0.738. The second-order valence-electron chi connectivity index (χ2n) is 4.28. The van der Waals surface area contributed by atoms with Crippen molar-refractivity contribution in [1.29, 1.82) is 0 Å². The molecule has 1 aromatic heterocycles. The topological polar surface area (TPSA) is 42.2 Å². The van der Waals surface area contributed by atoms with E-state index in [0.29, 0.717) is 5.69 Å². The van der Waals surface area contributed by atoms with Crippen molar-refractivity contribution in [3.8, 4) is 0 Å². The second-order valence-corrected chi connectivity index (χ2v) is 4.69. The molecule has 0 radical (unpaired) electrons. The Bertz CT molecular complexity index is 542. The number of benzene rings is 1. The van der Waals surface area contributed by atoms with Gasteiger partial charge in [-0.3, -0.25) is 4.98 Å². The average Bonchev–Trinajstić information content (AvgIpc) is 2.37. The highest BCUT2D eigenvalue weighted by Gasteiger charge is 2.15. The molecule has 1 atom stereocenters. The normalized spacial score (nSPS) is 12.2. The third kappa shape index (κ3) is 2.57. The molecule has 2 N–H and O–H groups in total. The molecule has 1 heterocycles. The van der Waals surface area contributed by atoms with E-state index in [4.69, 9.17) is 17.3 Å². The van der Waals surface area contributed by atoms with Crippen molar-refractivity contribution in [2.75, 3.05) is 17.7 Å². The van der Waals surface area contributed by atoms with Crippen LogP contribution in [0.5, 0.6) is 0 Å². The maximum absolute atomic E-state index is 6.21. The SMILES string of the molecule is CC(c1ccccc1Cl)N(C)c1cncc(N)c1. The van der Waals surface area contributed by atoms with E-state index in [-0.39, 0.29) is 6.04 Å². The number of nitrogens with zero attached hydrogens (tertiary/aromatic N) is 2. The van der Waals surface area contributed by atoms with Gasteiger partial charge in [-0.15, -0.1) is 0 Å². The Balaban J connectivity index is 2.29. The summed E-state index contributed by atoms with van der Waals surface area (Å²) >= 11 is 6.21. The molecule has 3 nitrogen and oxygen atoms in total. The zero-order valence-corrected chi connectivity index (χ0v) is 11.2. The molecule has 1 aromatic carbocycles. The summed E-state index contributed by atoms with van der Waals surface area (Å²) in [4.78, 5) is 6.21. The quantitative estimate of drug-likeness (QED) is 0.919. The molecule has 0 aliphatic heterocycles. The van der Waals surface area contributed by atoms with E-state index in [2.05, 4.69) is 16.8 Å². The Labute approximate surface area is 112 Å². The van der Waals surface area contributed by atoms with Crippen molar-refractivity contribution >= 4 is 23.0 Å². The zero-order valence-electron chi connectivity index (χ0n) is 10.5. The number of hydrogen-bond donors (Lipinski definition) is 1. The third-order valence-electron chi connectivity index (χ3n) is 3.09. The summed E-state index contributed by atoms with van der Waals surface area (Å²) in [5, 5.41) is 0.772. The van der Waals surface area contributed by atoms with Crippen LogP contribution in [0.2, 0.25) is 5.02 Å². The van der Waals surface area contributed by atoms with Crippen molar-refractivity contribution in [2.24, 2.45) is 0 Å². The Morgan fingerprint density at radius 3 is 2.67 bits per heavy atom. The molecule has 2 rings (SSSR count). The van der Waals surface area contributed by atoms with Gasteiger partial charge in [-0.25, -0.2) is 0 Å². The maximum atomic E-state index is 6.21. The molecule has 0 amide bonds. The van der Waals surface area contributed by atoms with Crippen LogP contribution in [0.4, 0.5) is 11.4 Å². The van der Waals surface area contributed by atoms with Gasteiger partial charge in [0, 0.05) is 18.3 Å². The minimum atomic E-state index is 0.155. The lowest BCUT2D eigenvalue weighted by Crippen LogP contribution is -2.22. The largest absolute Gasteiger partial charge is 0.397 e. The van der Waals surface area contributed by atoms with E-state index in [9.17, 15) is 0 Å². The molecular formula is C14H16ClN3. The number of halogens is 1. The number of pyridine rings is 1. The van der Waals surface area contributed by atoms with Crippen LogP contribution >= 0.6 is 11.6 Å². The summed E-state index contributed by atoms with van der Waals surface area (Å²) < 4.78 is 0. The first kappa shape index (κ1) is 12.7. The van der Waals surface area contributed by atoms with E-state index in [0.717, 1.165) is 16.3 Å². The Hall–Kier alpha value is -1.74. The van der Waals surface area contributed by atoms with Crippen LogP contribution in [0.1, 0.15) is 18.5 Å². The van der Waals surface area contributed by atoms with Crippen LogP contribution < -0.4 is 10.6 Å². The second kappa shape index (κ2) is 5.27. The maximum Gasteiger partial charge on any atom is 0.0575 e. The lowest BCUT2D eigenvalue weighted by atomic mass is 10.1. The molecule has 1 unspecified atom stereocenters. The molecule has 0 aliphatic rings. The first-order chi connectivity index (χ1) is 8.59. The fourth-order valence-corrected chi connectivity index (χ4v) is 2.18. The first-order valence-electron chi connectivity index (χ1n) is 5.77. The molecular weight excluding hydrogens is 246 g/mol. The van der Waals surface area contributed by atoms with E-state index in [1.54, 1.807) is 12.4 Å². The van der Waals surface area contributed by atoms with Gasteiger partial charge in [-0.05, 0) is 24.6 Å². The van der Waals surface area contributed by atoms with Crippen LogP contribution in [0.3, 0.4) is 0 Å². The molecule has 0 fully saturated rings. The van der Waals surface area contributed by atoms with Gasteiger partial charge in [0.15, 0.2) is 0 Å². The van der Waals surface area contributed by atoms with Crippen molar-refractivity contribution < 1.29 is 0 Å². The molecule has 0 saturated carbocycles. The van der Waals surface area contributed by atoms with Crippen molar-refractivity contribution in [3.63, 3.8) is 0 Å². The number of hydrogen-bond acceptors (Lipinski definition) is 3. The van der Waals surface area contributed by atoms with Crippen molar-refractivity contribution in [3.05, 3.63) is 53.3 Å². The Morgan fingerprint density at radius 2 is 2.00 bits per heavy atom. The number of nitrogens with two attached hydrogens (primary N) is 1. The molecule has 0 spiro atoms. The standard InChI is InChI=1S/C14H16ClN3/c1-10(13-5-3-4-6-14(13)15)18(2)12-7-11(16)8-17-9-12/h3-10H,16H2,1-2H3. The fraction of sp³-hybridized carbons (Fsp3) is 0.214. The van der Waals surface area contributed by atoms with E-state index >= 15 is 0 Å². The number of aromatic nitrogens is 1. The van der Waals surface area contributed by atoms with Gasteiger partial charge >= 0.3 is 0 Å². The summed E-state index contributed by atoms with van der Waals surface area (Å²) in [6, 6.07) is 9.91. The Morgan fingerprint density at radius 1 is 1.28 bits per heavy atom. The van der Waals surface area contributed by atoms with Gasteiger partial charge in [-0.2, -0.15) is 0 Å².